The summed E-state index contributed by atoms with van der Waals surface area (Å²) in [4.78, 5) is 23.9. The van der Waals surface area contributed by atoms with Crippen molar-refractivity contribution in [1.82, 2.24) is 4.90 Å². The van der Waals surface area contributed by atoms with Crippen molar-refractivity contribution in [2.24, 2.45) is 0 Å². The molecule has 0 radical (unpaired) electrons. The average molecular weight is 269 g/mol. The van der Waals surface area contributed by atoms with Crippen LogP contribution in [0.4, 0.5) is 4.39 Å². The van der Waals surface area contributed by atoms with Crippen LogP contribution in [0.25, 0.3) is 0 Å². The zero-order chi connectivity index (χ0) is 13.3. The van der Waals surface area contributed by atoms with Crippen LogP contribution in [0.1, 0.15) is 17.9 Å². The number of benzene rings is 1. The van der Waals surface area contributed by atoms with Gasteiger partial charge in [-0.2, -0.15) is 0 Å². The fourth-order valence-corrected chi connectivity index (χ4v) is 3.49. The zero-order valence-electron chi connectivity index (χ0n) is 9.67. The fourth-order valence-electron chi connectivity index (χ4n) is 2.00. The van der Waals surface area contributed by atoms with Crippen molar-refractivity contribution in [2.75, 3.05) is 5.75 Å². The molecular formula is C12H12FNO3S. The molecule has 1 fully saturated rings. The topological polar surface area (TPSA) is 57.6 Å². The van der Waals surface area contributed by atoms with E-state index in [0.29, 0.717) is 5.56 Å². The van der Waals surface area contributed by atoms with Gasteiger partial charge in [0.1, 0.15) is 17.2 Å². The number of amides is 1. The Kier molecular flexibility index (Phi) is 3.56. The predicted octanol–water partition coefficient (Wildman–Crippen LogP) is 1.87. The first kappa shape index (κ1) is 12.9. The molecule has 1 amide bonds. The second-order valence-electron chi connectivity index (χ2n) is 3.99. The molecule has 0 spiro atoms. The minimum atomic E-state index is -1.06. The van der Waals surface area contributed by atoms with Gasteiger partial charge in [0.2, 0.25) is 5.91 Å². The lowest BCUT2D eigenvalue weighted by Gasteiger charge is -2.26. The lowest BCUT2D eigenvalue weighted by molar-refractivity contribution is -0.148. The highest BCUT2D eigenvalue weighted by Gasteiger charge is 2.41. The van der Waals surface area contributed by atoms with Crippen LogP contribution < -0.4 is 0 Å². The third-order valence-electron chi connectivity index (χ3n) is 2.82. The van der Waals surface area contributed by atoms with Crippen molar-refractivity contribution in [3.63, 3.8) is 0 Å². The van der Waals surface area contributed by atoms with E-state index in [2.05, 4.69) is 0 Å². The standard InChI is InChI=1S/C12H12FNO3S/c1-7(15)14-10(12(16)17)6-18-11(14)8-4-2-3-5-9(8)13/h2-5,10-11H,6H2,1H3,(H,16,17). The summed E-state index contributed by atoms with van der Waals surface area (Å²) in [5, 5.41) is 8.50. The maximum Gasteiger partial charge on any atom is 0.327 e. The molecule has 18 heavy (non-hydrogen) atoms. The first-order chi connectivity index (χ1) is 8.52. The summed E-state index contributed by atoms with van der Waals surface area (Å²) in [5.41, 5.74) is 0.349. The van der Waals surface area contributed by atoms with Crippen molar-refractivity contribution < 1.29 is 19.1 Å². The molecule has 2 unspecified atom stereocenters. The Hall–Kier alpha value is -1.56. The van der Waals surface area contributed by atoms with Crippen molar-refractivity contribution in [2.45, 2.75) is 18.3 Å². The number of carboxylic acids is 1. The van der Waals surface area contributed by atoms with Gasteiger partial charge in [0.25, 0.3) is 0 Å². The molecule has 0 saturated carbocycles. The number of thioether (sulfide) groups is 1. The summed E-state index contributed by atoms with van der Waals surface area (Å²) in [6.07, 6.45) is 0. The van der Waals surface area contributed by atoms with Gasteiger partial charge in [-0.1, -0.05) is 18.2 Å². The molecule has 1 aliphatic rings. The molecule has 1 N–H and O–H groups in total. The molecule has 0 aliphatic carbocycles. The fraction of sp³-hybridized carbons (Fsp3) is 0.333. The van der Waals surface area contributed by atoms with Crippen LogP contribution in [0, 0.1) is 5.82 Å². The van der Waals surface area contributed by atoms with Crippen LogP contribution in [0.3, 0.4) is 0 Å². The number of rotatable bonds is 2. The second-order valence-corrected chi connectivity index (χ2v) is 5.10. The minimum absolute atomic E-state index is 0.272. The van der Waals surface area contributed by atoms with Crippen LogP contribution in [0.15, 0.2) is 24.3 Å². The van der Waals surface area contributed by atoms with Crippen LogP contribution >= 0.6 is 11.8 Å². The van der Waals surface area contributed by atoms with E-state index in [1.807, 2.05) is 0 Å². The largest absolute Gasteiger partial charge is 0.480 e. The van der Waals surface area contributed by atoms with E-state index >= 15 is 0 Å². The van der Waals surface area contributed by atoms with Crippen LogP contribution in [-0.2, 0) is 9.59 Å². The lowest BCUT2D eigenvalue weighted by Crippen LogP contribution is -2.41. The summed E-state index contributed by atoms with van der Waals surface area (Å²) >= 11 is 1.27. The first-order valence-corrected chi connectivity index (χ1v) is 6.45. The van der Waals surface area contributed by atoms with Crippen LogP contribution in [0.2, 0.25) is 0 Å². The third-order valence-corrected chi connectivity index (χ3v) is 4.13. The first-order valence-electron chi connectivity index (χ1n) is 5.40. The molecule has 1 aromatic carbocycles. The molecule has 0 aromatic heterocycles. The molecule has 1 saturated heterocycles. The third kappa shape index (κ3) is 2.20. The van der Waals surface area contributed by atoms with E-state index in [-0.39, 0.29) is 11.7 Å². The Balaban J connectivity index is 2.37. The molecule has 1 aliphatic heterocycles. The highest BCUT2D eigenvalue weighted by Crippen LogP contribution is 2.42. The lowest BCUT2D eigenvalue weighted by atomic mass is 10.1. The highest BCUT2D eigenvalue weighted by molar-refractivity contribution is 7.99. The predicted molar refractivity (Wildman–Crippen MR) is 65.5 cm³/mol. The van der Waals surface area contributed by atoms with Gasteiger partial charge >= 0.3 is 5.97 Å². The molecule has 1 heterocycles. The van der Waals surface area contributed by atoms with Gasteiger partial charge in [-0.15, -0.1) is 11.8 Å². The van der Waals surface area contributed by atoms with Gasteiger partial charge in [-0.3, -0.25) is 4.79 Å². The summed E-state index contributed by atoms with van der Waals surface area (Å²) in [6.45, 7) is 1.30. The Morgan fingerprint density at radius 3 is 2.67 bits per heavy atom. The summed E-state index contributed by atoms with van der Waals surface area (Å²) in [6, 6.07) is 5.23. The van der Waals surface area contributed by atoms with Gasteiger partial charge < -0.3 is 10.0 Å². The highest BCUT2D eigenvalue weighted by atomic mass is 32.2. The van der Waals surface area contributed by atoms with E-state index in [9.17, 15) is 14.0 Å². The van der Waals surface area contributed by atoms with Crippen molar-refractivity contribution in [3.05, 3.63) is 35.6 Å². The monoisotopic (exact) mass is 269 g/mol. The summed E-state index contributed by atoms with van der Waals surface area (Å²) < 4.78 is 13.7. The number of nitrogens with zero attached hydrogens (tertiary/aromatic N) is 1. The molecule has 4 nitrogen and oxygen atoms in total. The zero-order valence-corrected chi connectivity index (χ0v) is 10.5. The van der Waals surface area contributed by atoms with Crippen LogP contribution in [0.5, 0.6) is 0 Å². The summed E-state index contributed by atoms with van der Waals surface area (Å²) in [7, 11) is 0. The van der Waals surface area contributed by atoms with Gasteiger partial charge in [0.05, 0.1) is 0 Å². The quantitative estimate of drug-likeness (QED) is 0.890. The van der Waals surface area contributed by atoms with Crippen molar-refractivity contribution >= 4 is 23.6 Å². The number of carbonyl (C=O) groups excluding carboxylic acids is 1. The Labute approximate surface area is 108 Å². The molecule has 6 heteroatoms. The summed E-state index contributed by atoms with van der Waals surface area (Å²) in [5.74, 6) is -1.57. The molecule has 96 valence electrons. The van der Waals surface area contributed by atoms with E-state index in [4.69, 9.17) is 5.11 Å². The average Bonchev–Trinajstić information content (AvgIpc) is 2.74. The Bertz CT molecular complexity index is 494. The van der Waals surface area contributed by atoms with Gasteiger partial charge in [-0.05, 0) is 6.07 Å². The molecular weight excluding hydrogens is 257 g/mol. The van der Waals surface area contributed by atoms with E-state index in [1.54, 1.807) is 18.2 Å². The SMILES string of the molecule is CC(=O)N1C(C(=O)O)CSC1c1ccccc1F. The molecule has 2 atom stereocenters. The van der Waals surface area contributed by atoms with Crippen molar-refractivity contribution in [3.8, 4) is 0 Å². The van der Waals surface area contributed by atoms with E-state index in [0.717, 1.165) is 0 Å². The number of hydrogen-bond acceptors (Lipinski definition) is 3. The number of carboxylic acid groups (broad SMARTS) is 1. The number of aliphatic carboxylic acids is 1. The second kappa shape index (κ2) is 4.97. The molecule has 1 aromatic rings. The molecule has 2 rings (SSSR count). The number of hydrogen-bond donors (Lipinski definition) is 1. The minimum Gasteiger partial charge on any atom is -0.480 e. The van der Waals surface area contributed by atoms with Gasteiger partial charge in [-0.25, -0.2) is 9.18 Å². The number of halogens is 1. The molecule has 0 bridgehead atoms. The van der Waals surface area contributed by atoms with Gasteiger partial charge in [0.15, 0.2) is 0 Å². The Morgan fingerprint density at radius 1 is 1.44 bits per heavy atom. The maximum absolute atomic E-state index is 13.7. The van der Waals surface area contributed by atoms with E-state index < -0.39 is 23.2 Å². The maximum atomic E-state index is 13.7. The normalized spacial score (nSPS) is 23.1. The Morgan fingerprint density at radius 2 is 2.11 bits per heavy atom. The number of carbonyl (C=O) groups is 2. The van der Waals surface area contributed by atoms with E-state index in [1.165, 1.54) is 29.7 Å². The van der Waals surface area contributed by atoms with Gasteiger partial charge in [0, 0.05) is 18.2 Å². The van der Waals surface area contributed by atoms with Crippen molar-refractivity contribution in [1.29, 1.82) is 0 Å². The van der Waals surface area contributed by atoms with Crippen LogP contribution in [-0.4, -0.2) is 33.7 Å². The smallest absolute Gasteiger partial charge is 0.327 e.